The van der Waals surface area contributed by atoms with E-state index in [1.165, 1.54) is 16.7 Å². The van der Waals surface area contributed by atoms with Crippen molar-refractivity contribution in [1.82, 2.24) is 46.9 Å². The summed E-state index contributed by atoms with van der Waals surface area (Å²) in [6, 6.07) is 54.7. The summed E-state index contributed by atoms with van der Waals surface area (Å²) in [6.07, 6.45) is 2.78. The van der Waals surface area contributed by atoms with Crippen LogP contribution in [0.5, 0.6) is 51.7 Å². The van der Waals surface area contributed by atoms with Crippen molar-refractivity contribution >= 4 is 50.4 Å². The van der Waals surface area contributed by atoms with E-state index in [9.17, 15) is 14.4 Å². The summed E-state index contributed by atoms with van der Waals surface area (Å²) < 4.78 is 54.1. The highest BCUT2D eigenvalue weighted by atomic mass is 16.7. The van der Waals surface area contributed by atoms with Gasteiger partial charge in [0.1, 0.15) is 5.75 Å². The van der Waals surface area contributed by atoms with Crippen LogP contribution in [0.15, 0.2) is 170 Å². The van der Waals surface area contributed by atoms with Gasteiger partial charge in [-0.05, 0) is 149 Å². The molecule has 8 atom stereocenters. The molecule has 3 aromatic heterocycles. The molecule has 8 heterocycles. The number of hydrogen-bond acceptors (Lipinski definition) is 16. The van der Waals surface area contributed by atoms with Gasteiger partial charge in [0.25, 0.3) is 0 Å². The number of benzene rings is 8. The number of rotatable bonds is 21. The molecule has 5 aliphatic heterocycles. The van der Waals surface area contributed by atoms with Crippen molar-refractivity contribution in [3.63, 3.8) is 0 Å². The molecule has 6 unspecified atom stereocenters. The first-order valence-corrected chi connectivity index (χ1v) is 35.6. The average Bonchev–Trinajstić information content (AvgIpc) is 1.63. The van der Waals surface area contributed by atoms with Gasteiger partial charge in [-0.15, -0.1) is 0 Å². The SMILES string of the molecule is COCCCNC(=O)C1NC(c2ccc3c(c2)OCO3)c2[nH]c3ccccc3c2C1C.COc1ccc(CCNC(=O)C2NC(c3ccc4c(c3)OCO4)c3[nH]c4ccccc4c3C2C)cc1OC.COc1ccc([C@H]2N[C@H](C(=O)NCCc3ccc(OC)c(OC)c3)Cc3c2[nH]c2ccccc32)cc1. The quantitative estimate of drug-likeness (QED) is 0.0303. The van der Waals surface area contributed by atoms with Gasteiger partial charge in [0, 0.05) is 95.0 Å². The van der Waals surface area contributed by atoms with Crippen molar-refractivity contribution in [2.45, 2.75) is 87.6 Å². The molecule has 0 saturated carbocycles. The van der Waals surface area contributed by atoms with E-state index in [1.54, 1.807) is 42.7 Å². The van der Waals surface area contributed by atoms with Gasteiger partial charge in [0.05, 0.1) is 71.8 Å². The van der Waals surface area contributed by atoms with Crippen molar-refractivity contribution in [3.8, 4) is 51.7 Å². The summed E-state index contributed by atoms with van der Waals surface area (Å²) in [6.45, 7) is 6.93. The number of fused-ring (bicyclic) bond motifs is 11. The maximum absolute atomic E-state index is 13.6. The molecule has 105 heavy (non-hydrogen) atoms. The topological polar surface area (TPSA) is 263 Å². The van der Waals surface area contributed by atoms with Crippen LogP contribution in [-0.4, -0.2) is 133 Å². The van der Waals surface area contributed by atoms with Gasteiger partial charge < -0.3 is 78.3 Å². The van der Waals surface area contributed by atoms with Gasteiger partial charge >= 0.3 is 0 Å². The maximum atomic E-state index is 13.6. The third kappa shape index (κ3) is 14.8. The highest BCUT2D eigenvalue weighted by Crippen LogP contribution is 2.46. The second-order valence-corrected chi connectivity index (χ2v) is 26.7. The van der Waals surface area contributed by atoms with Gasteiger partial charge in [-0.2, -0.15) is 0 Å². The van der Waals surface area contributed by atoms with Gasteiger partial charge in [-0.25, -0.2) is 0 Å². The number of carbonyl (C=O) groups is 3. The van der Waals surface area contributed by atoms with Gasteiger partial charge in [0.15, 0.2) is 46.0 Å². The third-order valence-corrected chi connectivity index (χ3v) is 20.6. The lowest BCUT2D eigenvalue weighted by molar-refractivity contribution is -0.124. The largest absolute Gasteiger partial charge is 0.497 e. The molecule has 22 nitrogen and oxygen atoms in total. The number of amides is 3. The normalized spacial score (nSPS) is 19.4. The number of para-hydroxylation sites is 3. The second-order valence-electron chi connectivity index (χ2n) is 26.7. The first kappa shape index (κ1) is 70.8. The molecule has 0 saturated heterocycles. The standard InChI is InChI=1S/C30H31N3O5.C29H31N3O4.C24H27N3O4/c1-17-26-20-6-4-5-7-21(20)32-29(26)28(19-9-11-23-25(15-19)38-16-37-23)33-27(17)30(34)31-13-12-18-8-10-22(35-2)24(14-18)36-3;1-34-20-11-9-19(10-12-20)27-28-22(21-6-4-5-7-23(21)31-28)17-24(32-27)29(33)30-15-14-18-8-13-25(35-2)26(16-18)36-3;1-14-20-16-6-3-4-7-17(16)26-23(20)22(15-8-9-18-19(12-15)31-13-30-18)27-21(14)24(28)25-10-5-11-29-2/h4-11,14-15,17,27-28,32-33H,12-13,16H2,1-3H3,(H,31,34);4-13,16,24,27,31-32H,14-15,17H2,1-3H3,(H,30,33);3-4,6-9,12,14,21-22,26-27H,5,10-11,13H2,1-2H3,(H,25,28)/t;24-,27+;/m.0./s1. The monoisotopic (exact) mass is 1420 g/mol. The molecule has 5 aliphatic rings. The van der Waals surface area contributed by atoms with Crippen molar-refractivity contribution < 1.29 is 61.8 Å². The molecule has 11 aromatic rings. The van der Waals surface area contributed by atoms with Crippen LogP contribution in [-0.2, 0) is 38.4 Å². The molecule has 0 radical (unpaired) electrons. The lowest BCUT2D eigenvalue weighted by Gasteiger charge is -2.35. The summed E-state index contributed by atoms with van der Waals surface area (Å²) in [5.41, 5.74) is 15.3. The fourth-order valence-corrected chi connectivity index (χ4v) is 15.2. The molecular formula is C83H89N9O13. The molecule has 0 spiro atoms. The Morgan fingerprint density at radius 2 is 0.867 bits per heavy atom. The van der Waals surface area contributed by atoms with E-state index in [1.807, 2.05) is 133 Å². The number of aromatic nitrogens is 3. The third-order valence-electron chi connectivity index (χ3n) is 20.6. The van der Waals surface area contributed by atoms with E-state index in [0.717, 1.165) is 113 Å². The first-order valence-electron chi connectivity index (χ1n) is 35.6. The highest BCUT2D eigenvalue weighted by molar-refractivity contribution is 5.92. The van der Waals surface area contributed by atoms with Crippen molar-refractivity contribution in [3.05, 3.63) is 231 Å². The van der Waals surface area contributed by atoms with Crippen LogP contribution in [0.25, 0.3) is 32.7 Å². The van der Waals surface area contributed by atoms with Crippen LogP contribution in [0.1, 0.15) is 112 Å². The summed E-state index contributed by atoms with van der Waals surface area (Å²) in [7, 11) is 9.80. The van der Waals surface area contributed by atoms with Crippen LogP contribution in [0.3, 0.4) is 0 Å². The molecule has 3 amide bonds. The summed E-state index contributed by atoms with van der Waals surface area (Å²) in [5, 5.41) is 23.6. The second kappa shape index (κ2) is 31.8. The van der Waals surface area contributed by atoms with Crippen LogP contribution in [0.4, 0.5) is 0 Å². The van der Waals surface area contributed by atoms with Crippen molar-refractivity contribution in [2.75, 3.05) is 82.5 Å². The Morgan fingerprint density at radius 1 is 0.429 bits per heavy atom. The first-order chi connectivity index (χ1) is 51.3. The summed E-state index contributed by atoms with van der Waals surface area (Å²) in [4.78, 5) is 50.8. The predicted molar refractivity (Wildman–Crippen MR) is 402 cm³/mol. The van der Waals surface area contributed by atoms with Crippen molar-refractivity contribution in [1.29, 1.82) is 0 Å². The predicted octanol–water partition coefficient (Wildman–Crippen LogP) is 11.8. The van der Waals surface area contributed by atoms with Crippen molar-refractivity contribution in [2.24, 2.45) is 0 Å². The molecule has 22 heteroatoms. The molecule has 0 aliphatic carbocycles. The number of ether oxygens (including phenoxy) is 10. The molecule has 9 N–H and O–H groups in total. The molecule has 8 aromatic carbocycles. The van der Waals surface area contributed by atoms with Crippen LogP contribution >= 0.6 is 0 Å². The van der Waals surface area contributed by atoms with Crippen LogP contribution < -0.4 is 74.5 Å². The zero-order valence-corrected chi connectivity index (χ0v) is 60.2. The van der Waals surface area contributed by atoms with Gasteiger partial charge in [-0.1, -0.05) is 105 Å². The van der Waals surface area contributed by atoms with Crippen LogP contribution in [0, 0.1) is 0 Å². The van der Waals surface area contributed by atoms with E-state index >= 15 is 0 Å². The molecular weight excluding hydrogens is 1330 g/mol. The number of aromatic amines is 3. The Balaban J connectivity index is 0.000000133. The Morgan fingerprint density at radius 3 is 1.36 bits per heavy atom. The minimum Gasteiger partial charge on any atom is -0.497 e. The smallest absolute Gasteiger partial charge is 0.237 e. The number of methoxy groups -OCH3 is 6. The number of hydrogen-bond donors (Lipinski definition) is 9. The lowest BCUT2D eigenvalue weighted by atomic mass is 9.82. The average molecular weight is 1420 g/mol. The Bertz CT molecular complexity index is 4930. The summed E-state index contributed by atoms with van der Waals surface area (Å²) >= 11 is 0. The number of H-pyrrole nitrogens is 3. The fourth-order valence-electron chi connectivity index (χ4n) is 15.2. The van der Waals surface area contributed by atoms with E-state index in [-0.39, 0.29) is 73.4 Å². The number of nitrogens with one attached hydrogen (secondary N) is 9. The van der Waals surface area contributed by atoms with E-state index in [4.69, 9.17) is 47.4 Å². The minimum absolute atomic E-state index is 0.00489. The van der Waals surface area contributed by atoms with Gasteiger partial charge in [-0.3, -0.25) is 30.3 Å². The highest BCUT2D eigenvalue weighted by Gasteiger charge is 2.42. The van der Waals surface area contributed by atoms with E-state index in [0.29, 0.717) is 68.5 Å². The molecule has 544 valence electrons. The fraction of sp³-hybridized carbons (Fsp3) is 0.313. The molecule has 0 bridgehead atoms. The zero-order valence-electron chi connectivity index (χ0n) is 60.2. The molecule has 16 rings (SSSR count). The number of carbonyl (C=O) groups excluding carboxylic acids is 3. The van der Waals surface area contributed by atoms with E-state index < -0.39 is 6.04 Å². The molecule has 0 fully saturated rings. The summed E-state index contributed by atoms with van der Waals surface area (Å²) in [5.74, 6) is 6.42. The minimum atomic E-state index is -0.414. The zero-order chi connectivity index (χ0) is 72.7. The Labute approximate surface area is 609 Å². The van der Waals surface area contributed by atoms with E-state index in [2.05, 4.69) is 97.1 Å². The van der Waals surface area contributed by atoms with Gasteiger partial charge in [0.2, 0.25) is 31.3 Å². The Kier molecular flexibility index (Phi) is 21.5. The van der Waals surface area contributed by atoms with Crippen LogP contribution in [0.2, 0.25) is 0 Å². The Hall–Kier alpha value is -11.2. The maximum Gasteiger partial charge on any atom is 0.237 e. The lowest BCUT2D eigenvalue weighted by Crippen LogP contribution is -2.51.